The predicted octanol–water partition coefficient (Wildman–Crippen LogP) is 4.20. The number of halogens is 2. The Morgan fingerprint density at radius 1 is 0.969 bits per heavy atom. The summed E-state index contributed by atoms with van der Waals surface area (Å²) in [6, 6.07) is 19.4. The van der Waals surface area contributed by atoms with Gasteiger partial charge in [0.1, 0.15) is 28.7 Å². The van der Waals surface area contributed by atoms with Crippen LogP contribution in [0.1, 0.15) is 25.0 Å². The van der Waals surface area contributed by atoms with Crippen LogP contribution in [0.25, 0.3) is 0 Å². The highest BCUT2D eigenvalue weighted by Gasteiger charge is 2.62. The highest BCUT2D eigenvalue weighted by atomic mass is 35.5. The van der Waals surface area contributed by atoms with Gasteiger partial charge in [0.2, 0.25) is 0 Å². The lowest BCUT2D eigenvalue weighted by molar-refractivity contribution is -0.249. The van der Waals surface area contributed by atoms with E-state index in [2.05, 4.69) is 0 Å². The average molecular weight is 483 g/mol. The highest BCUT2D eigenvalue weighted by Crippen LogP contribution is 2.44. The van der Waals surface area contributed by atoms with Gasteiger partial charge in [0.05, 0.1) is 19.8 Å². The Bertz CT molecular complexity index is 865. The smallest absolute Gasteiger partial charge is 0.190 e. The minimum Gasteiger partial charge on any atom is -0.382 e. The molecule has 2 aromatic carbocycles. The van der Waals surface area contributed by atoms with E-state index in [1.165, 1.54) is 0 Å². The van der Waals surface area contributed by atoms with Gasteiger partial charge in [-0.3, -0.25) is 0 Å². The van der Waals surface area contributed by atoms with Crippen LogP contribution >= 0.6 is 23.2 Å². The second-order valence-corrected chi connectivity index (χ2v) is 9.65. The van der Waals surface area contributed by atoms with Crippen molar-refractivity contribution in [3.05, 3.63) is 71.8 Å². The topological polar surface area (TPSA) is 66.4 Å². The van der Waals surface area contributed by atoms with Crippen LogP contribution in [0.5, 0.6) is 0 Å². The third-order valence-electron chi connectivity index (χ3n) is 5.59. The predicted molar refractivity (Wildman–Crippen MR) is 120 cm³/mol. The first-order valence-corrected chi connectivity index (χ1v) is 11.4. The zero-order valence-corrected chi connectivity index (χ0v) is 19.5. The number of hydrogen-bond acceptors (Lipinski definition) is 6. The summed E-state index contributed by atoms with van der Waals surface area (Å²) in [5.74, 6) is -0.835. The maximum absolute atomic E-state index is 11.5. The molecule has 1 N–H and O–H groups in total. The average Bonchev–Trinajstić information content (AvgIpc) is 3.25. The summed E-state index contributed by atoms with van der Waals surface area (Å²) in [7, 11) is 0. The molecule has 0 bridgehead atoms. The number of rotatable bonds is 9. The summed E-state index contributed by atoms with van der Waals surface area (Å²) >= 11 is 12.5. The first kappa shape index (κ1) is 23.9. The largest absolute Gasteiger partial charge is 0.382 e. The third kappa shape index (κ3) is 5.29. The molecule has 2 aromatic rings. The van der Waals surface area contributed by atoms with Crippen LogP contribution < -0.4 is 0 Å². The summed E-state index contributed by atoms with van der Waals surface area (Å²) in [6.07, 6.45) is -2.87. The van der Waals surface area contributed by atoms with E-state index in [1.54, 1.807) is 13.8 Å². The molecular formula is C24H28Cl2O6. The van der Waals surface area contributed by atoms with Crippen molar-refractivity contribution in [3.63, 3.8) is 0 Å². The molecule has 2 fully saturated rings. The van der Waals surface area contributed by atoms with Crippen LogP contribution in [0.4, 0.5) is 0 Å². The molecule has 6 nitrogen and oxygen atoms in total. The molecule has 32 heavy (non-hydrogen) atoms. The van der Waals surface area contributed by atoms with E-state index in [4.69, 9.17) is 46.9 Å². The van der Waals surface area contributed by atoms with Crippen LogP contribution in [-0.2, 0) is 36.9 Å². The van der Waals surface area contributed by atoms with E-state index in [0.29, 0.717) is 13.2 Å². The maximum atomic E-state index is 11.5. The lowest BCUT2D eigenvalue weighted by Gasteiger charge is -2.38. The van der Waals surface area contributed by atoms with Crippen molar-refractivity contribution >= 4 is 23.2 Å². The van der Waals surface area contributed by atoms with Crippen molar-refractivity contribution in [1.29, 1.82) is 0 Å². The van der Waals surface area contributed by atoms with Gasteiger partial charge in [0, 0.05) is 0 Å². The van der Waals surface area contributed by atoms with Gasteiger partial charge in [-0.15, -0.1) is 23.2 Å². The molecule has 2 aliphatic heterocycles. The minimum atomic E-state index is -1.75. The molecular weight excluding hydrogens is 455 g/mol. The van der Waals surface area contributed by atoms with Crippen LogP contribution in [0.15, 0.2) is 60.7 Å². The zero-order chi connectivity index (χ0) is 22.8. The minimum absolute atomic E-state index is 0.155. The number of ether oxygens (including phenoxy) is 5. The molecule has 0 radical (unpaired) electrons. The monoisotopic (exact) mass is 482 g/mol. The van der Waals surface area contributed by atoms with Crippen LogP contribution in [0, 0.1) is 0 Å². The quantitative estimate of drug-likeness (QED) is 0.540. The van der Waals surface area contributed by atoms with Crippen molar-refractivity contribution in [3.8, 4) is 0 Å². The Balaban J connectivity index is 1.51. The van der Waals surface area contributed by atoms with E-state index < -0.39 is 40.8 Å². The summed E-state index contributed by atoms with van der Waals surface area (Å²) in [4.78, 5) is -1.20. The van der Waals surface area contributed by atoms with E-state index in [0.717, 1.165) is 11.1 Å². The summed E-state index contributed by atoms with van der Waals surface area (Å²) in [6.45, 7) is 4.05. The van der Waals surface area contributed by atoms with E-state index in [1.807, 2.05) is 60.7 Å². The fraction of sp³-hybridized carbons (Fsp3) is 0.500. The van der Waals surface area contributed by atoms with Gasteiger partial charge in [-0.25, -0.2) is 0 Å². The number of hydrogen-bond donors (Lipinski definition) is 1. The van der Waals surface area contributed by atoms with Gasteiger partial charge in [-0.05, 0) is 25.0 Å². The first-order chi connectivity index (χ1) is 15.3. The zero-order valence-electron chi connectivity index (χ0n) is 18.0. The van der Waals surface area contributed by atoms with Crippen molar-refractivity contribution in [2.45, 2.75) is 67.9 Å². The third-order valence-corrected chi connectivity index (χ3v) is 6.35. The lowest BCUT2D eigenvalue weighted by atomic mass is 9.93. The molecule has 0 spiro atoms. The summed E-state index contributed by atoms with van der Waals surface area (Å²) in [5, 5.41) is 11.5. The van der Waals surface area contributed by atoms with Crippen LogP contribution in [0.3, 0.4) is 0 Å². The van der Waals surface area contributed by atoms with Gasteiger partial charge in [-0.1, -0.05) is 60.7 Å². The number of aliphatic hydroxyl groups is 1. The Kier molecular flexibility index (Phi) is 7.44. The standard InChI is InChI=1S/C24H28Cl2O6/c1-23(2)31-19-18(29-14-17-11-7-4-8-12-17)20(30-21(19)32-23)24(27,22(25)26)15-28-13-16-9-5-3-6-10-16/h3-12,18-22,27H,13-15H2,1-2H3/t18-,19-,20+,21-,24?/m1/s1. The lowest BCUT2D eigenvalue weighted by Crippen LogP contribution is -2.57. The van der Waals surface area contributed by atoms with E-state index in [9.17, 15) is 5.11 Å². The van der Waals surface area contributed by atoms with Gasteiger partial charge >= 0.3 is 0 Å². The second kappa shape index (κ2) is 9.95. The molecule has 1 unspecified atom stereocenters. The van der Waals surface area contributed by atoms with E-state index >= 15 is 0 Å². The number of alkyl halides is 2. The SMILES string of the molecule is CC1(C)O[C@H]2O[C@H](C(O)(COCc3ccccc3)C(Cl)Cl)[C@H](OCc3ccccc3)[C@H]2O1. The van der Waals surface area contributed by atoms with Crippen molar-refractivity contribution in [2.24, 2.45) is 0 Å². The molecule has 2 heterocycles. The van der Waals surface area contributed by atoms with Crippen molar-refractivity contribution in [1.82, 2.24) is 0 Å². The van der Waals surface area contributed by atoms with Gasteiger partial charge < -0.3 is 28.8 Å². The second-order valence-electron chi connectivity index (χ2n) is 8.56. The van der Waals surface area contributed by atoms with Gasteiger partial charge in [0.25, 0.3) is 0 Å². The Hall–Kier alpha value is -1.22. The normalized spacial score (nSPS) is 28.6. The molecule has 2 aliphatic rings. The summed E-state index contributed by atoms with van der Waals surface area (Å²) in [5.41, 5.74) is 0.190. The van der Waals surface area contributed by atoms with Crippen LogP contribution in [0.2, 0.25) is 0 Å². The summed E-state index contributed by atoms with van der Waals surface area (Å²) < 4.78 is 30.0. The molecule has 0 aliphatic carbocycles. The van der Waals surface area contributed by atoms with Gasteiger partial charge in [-0.2, -0.15) is 0 Å². The fourth-order valence-corrected chi connectivity index (χ4v) is 4.38. The van der Waals surface area contributed by atoms with E-state index in [-0.39, 0.29) is 6.61 Å². The van der Waals surface area contributed by atoms with Gasteiger partial charge in [0.15, 0.2) is 12.1 Å². The molecule has 8 heteroatoms. The number of benzene rings is 2. The van der Waals surface area contributed by atoms with Crippen molar-refractivity contribution < 1.29 is 28.8 Å². The molecule has 0 aromatic heterocycles. The molecule has 2 saturated heterocycles. The molecule has 174 valence electrons. The number of fused-ring (bicyclic) bond motifs is 1. The molecule has 5 atom stereocenters. The molecule has 0 saturated carbocycles. The Labute approximate surface area is 198 Å². The highest BCUT2D eigenvalue weighted by molar-refractivity contribution is 6.45. The Morgan fingerprint density at radius 3 is 2.16 bits per heavy atom. The molecule has 0 amide bonds. The maximum Gasteiger partial charge on any atom is 0.190 e. The van der Waals surface area contributed by atoms with Crippen molar-refractivity contribution in [2.75, 3.05) is 6.61 Å². The Morgan fingerprint density at radius 2 is 1.56 bits per heavy atom. The van der Waals surface area contributed by atoms with Crippen LogP contribution in [-0.4, -0.2) is 52.5 Å². The first-order valence-electron chi connectivity index (χ1n) is 10.6. The fourth-order valence-electron chi connectivity index (χ4n) is 4.01. The molecule has 4 rings (SSSR count).